The Kier molecular flexibility index (Phi) is 8.16. The highest BCUT2D eigenvalue weighted by atomic mass is 127. The number of aliphatic imine (C=N–C) groups is 1. The molecule has 0 aliphatic heterocycles. The number of benzene rings is 1. The summed E-state index contributed by atoms with van der Waals surface area (Å²) in [6.45, 7) is 3.33. The molecule has 1 aliphatic rings. The predicted octanol–water partition coefficient (Wildman–Crippen LogP) is 2.19. The molecule has 0 heterocycles. The summed E-state index contributed by atoms with van der Waals surface area (Å²) in [5, 5.41) is 6.48. The van der Waals surface area contributed by atoms with E-state index in [4.69, 9.17) is 0 Å². The van der Waals surface area contributed by atoms with E-state index in [1.54, 1.807) is 24.3 Å². The summed E-state index contributed by atoms with van der Waals surface area (Å²) < 4.78 is 24.2. The van der Waals surface area contributed by atoms with Gasteiger partial charge in [-0.25, -0.2) is 8.42 Å². The molecule has 0 bridgehead atoms. The van der Waals surface area contributed by atoms with Crippen LogP contribution in [0.15, 0.2) is 40.2 Å². The molecule has 22 heavy (non-hydrogen) atoms. The Balaban J connectivity index is 0.00000242. The van der Waals surface area contributed by atoms with E-state index in [0.717, 1.165) is 12.5 Å². The van der Waals surface area contributed by atoms with Crippen molar-refractivity contribution in [2.45, 2.75) is 37.1 Å². The average Bonchev–Trinajstić information content (AvgIpc) is 3.29. The van der Waals surface area contributed by atoms with Crippen LogP contribution in [-0.2, 0) is 9.84 Å². The van der Waals surface area contributed by atoms with Crippen molar-refractivity contribution in [2.75, 3.05) is 18.8 Å². The van der Waals surface area contributed by atoms with Gasteiger partial charge in [-0.15, -0.1) is 24.0 Å². The fourth-order valence-corrected chi connectivity index (χ4v) is 3.25. The van der Waals surface area contributed by atoms with Crippen molar-refractivity contribution in [1.82, 2.24) is 10.6 Å². The van der Waals surface area contributed by atoms with Crippen molar-refractivity contribution in [1.29, 1.82) is 0 Å². The van der Waals surface area contributed by atoms with Gasteiger partial charge in [0.15, 0.2) is 15.8 Å². The summed E-state index contributed by atoms with van der Waals surface area (Å²) in [5.41, 5.74) is 0. The van der Waals surface area contributed by atoms with Crippen molar-refractivity contribution >= 4 is 39.8 Å². The highest BCUT2D eigenvalue weighted by molar-refractivity contribution is 14.0. The van der Waals surface area contributed by atoms with Gasteiger partial charge >= 0.3 is 0 Å². The number of halogens is 1. The van der Waals surface area contributed by atoms with E-state index in [1.165, 1.54) is 12.8 Å². The highest BCUT2D eigenvalue weighted by Gasteiger charge is 2.22. The van der Waals surface area contributed by atoms with Gasteiger partial charge in [0, 0.05) is 19.1 Å². The molecule has 0 amide bonds. The third-order valence-corrected chi connectivity index (χ3v) is 5.02. The third-order valence-electron chi connectivity index (χ3n) is 3.21. The van der Waals surface area contributed by atoms with E-state index >= 15 is 0 Å². The summed E-state index contributed by atoms with van der Waals surface area (Å²) in [6, 6.07) is 9.11. The smallest absolute Gasteiger partial charge is 0.191 e. The van der Waals surface area contributed by atoms with E-state index in [0.29, 0.717) is 23.9 Å². The van der Waals surface area contributed by atoms with Crippen LogP contribution in [0.2, 0.25) is 0 Å². The van der Waals surface area contributed by atoms with Gasteiger partial charge in [-0.1, -0.05) is 18.2 Å². The Morgan fingerprint density at radius 2 is 1.95 bits per heavy atom. The molecule has 1 aliphatic carbocycles. The number of nitrogens with one attached hydrogen (secondary N) is 2. The second kappa shape index (κ2) is 9.34. The van der Waals surface area contributed by atoms with E-state index in [2.05, 4.69) is 15.6 Å². The van der Waals surface area contributed by atoms with Gasteiger partial charge in [0.1, 0.15) is 0 Å². The Morgan fingerprint density at radius 1 is 1.27 bits per heavy atom. The van der Waals surface area contributed by atoms with Crippen LogP contribution < -0.4 is 10.6 Å². The van der Waals surface area contributed by atoms with Gasteiger partial charge < -0.3 is 10.6 Å². The lowest BCUT2D eigenvalue weighted by molar-refractivity contribution is 0.593. The fourth-order valence-electron chi connectivity index (χ4n) is 1.93. The number of rotatable bonds is 7. The number of sulfone groups is 1. The Labute approximate surface area is 149 Å². The molecule has 5 nitrogen and oxygen atoms in total. The minimum Gasteiger partial charge on any atom is -0.357 e. The molecule has 0 spiro atoms. The first kappa shape index (κ1) is 19.2. The van der Waals surface area contributed by atoms with Crippen LogP contribution in [0.25, 0.3) is 0 Å². The zero-order valence-corrected chi connectivity index (χ0v) is 15.9. The van der Waals surface area contributed by atoms with E-state index < -0.39 is 9.84 Å². The molecule has 1 aromatic rings. The van der Waals surface area contributed by atoms with Crippen molar-refractivity contribution in [2.24, 2.45) is 4.99 Å². The van der Waals surface area contributed by atoms with Gasteiger partial charge in [0.05, 0.1) is 10.6 Å². The highest BCUT2D eigenvalue weighted by Crippen LogP contribution is 2.18. The van der Waals surface area contributed by atoms with Crippen LogP contribution in [0.1, 0.15) is 26.2 Å². The molecule has 0 saturated heterocycles. The lowest BCUT2D eigenvalue weighted by Crippen LogP contribution is -2.38. The Hall–Kier alpha value is -0.830. The Morgan fingerprint density at radius 3 is 2.55 bits per heavy atom. The topological polar surface area (TPSA) is 70.6 Å². The second-order valence-electron chi connectivity index (χ2n) is 5.16. The molecule has 0 aromatic heterocycles. The molecule has 1 fully saturated rings. The summed E-state index contributed by atoms with van der Waals surface area (Å²) in [6.07, 6.45) is 2.90. The largest absolute Gasteiger partial charge is 0.357 e. The lowest BCUT2D eigenvalue weighted by Gasteiger charge is -2.10. The van der Waals surface area contributed by atoms with Crippen molar-refractivity contribution < 1.29 is 8.42 Å². The molecule has 2 N–H and O–H groups in total. The number of nitrogens with zero attached hydrogens (tertiary/aromatic N) is 1. The van der Waals surface area contributed by atoms with Crippen LogP contribution in [0.5, 0.6) is 0 Å². The van der Waals surface area contributed by atoms with Crippen LogP contribution in [-0.4, -0.2) is 39.3 Å². The standard InChI is InChI=1S/C15H23N3O2S.HI/c1-2-16-15(18-13-9-10-13)17-11-6-12-21(19,20)14-7-4-3-5-8-14;/h3-5,7-8,13H,2,6,9-12H2,1H3,(H2,16,17,18);1H. The van der Waals surface area contributed by atoms with E-state index in [1.807, 2.05) is 13.0 Å². The summed E-state index contributed by atoms with van der Waals surface area (Å²) in [7, 11) is -3.19. The second-order valence-corrected chi connectivity index (χ2v) is 7.27. The average molecular weight is 437 g/mol. The molecule has 1 saturated carbocycles. The molecule has 0 unspecified atom stereocenters. The van der Waals surface area contributed by atoms with E-state index in [9.17, 15) is 8.42 Å². The van der Waals surface area contributed by atoms with Gasteiger partial charge in [0.25, 0.3) is 0 Å². The SMILES string of the molecule is CCNC(=NCCCS(=O)(=O)c1ccccc1)NC1CC1.I. The third kappa shape index (κ3) is 6.51. The minimum absolute atomic E-state index is 0. The van der Waals surface area contributed by atoms with Crippen LogP contribution >= 0.6 is 24.0 Å². The summed E-state index contributed by atoms with van der Waals surface area (Å²) in [4.78, 5) is 4.81. The number of hydrogen-bond acceptors (Lipinski definition) is 3. The summed E-state index contributed by atoms with van der Waals surface area (Å²) in [5.74, 6) is 0.917. The predicted molar refractivity (Wildman–Crippen MR) is 101 cm³/mol. The van der Waals surface area contributed by atoms with Crippen molar-refractivity contribution in [3.05, 3.63) is 30.3 Å². The Bertz CT molecular complexity index is 572. The summed E-state index contributed by atoms with van der Waals surface area (Å²) >= 11 is 0. The molecular weight excluding hydrogens is 413 g/mol. The first-order chi connectivity index (χ1) is 10.1. The van der Waals surface area contributed by atoms with Crippen LogP contribution in [0.3, 0.4) is 0 Å². The zero-order chi connectivity index (χ0) is 15.1. The van der Waals surface area contributed by atoms with Gasteiger partial charge in [-0.2, -0.15) is 0 Å². The van der Waals surface area contributed by atoms with Gasteiger partial charge in [0.2, 0.25) is 0 Å². The fraction of sp³-hybridized carbons (Fsp3) is 0.533. The molecule has 0 radical (unpaired) electrons. The molecule has 124 valence electrons. The van der Waals surface area contributed by atoms with Crippen molar-refractivity contribution in [3.63, 3.8) is 0 Å². The normalized spacial score (nSPS) is 15.0. The molecular formula is C15H24IN3O2S. The number of hydrogen-bond donors (Lipinski definition) is 2. The molecule has 1 aromatic carbocycles. The van der Waals surface area contributed by atoms with Crippen LogP contribution in [0.4, 0.5) is 0 Å². The van der Waals surface area contributed by atoms with Gasteiger partial charge in [-0.3, -0.25) is 4.99 Å². The van der Waals surface area contributed by atoms with Crippen LogP contribution in [0, 0.1) is 0 Å². The maximum atomic E-state index is 12.1. The maximum Gasteiger partial charge on any atom is 0.191 e. The molecule has 7 heteroatoms. The van der Waals surface area contributed by atoms with E-state index in [-0.39, 0.29) is 29.7 Å². The first-order valence-electron chi connectivity index (χ1n) is 7.44. The lowest BCUT2D eigenvalue weighted by atomic mass is 10.4. The zero-order valence-electron chi connectivity index (χ0n) is 12.8. The molecule has 2 rings (SSSR count). The molecule has 0 atom stereocenters. The first-order valence-corrected chi connectivity index (χ1v) is 9.09. The maximum absolute atomic E-state index is 12.1. The number of guanidine groups is 1. The van der Waals surface area contributed by atoms with Crippen molar-refractivity contribution in [3.8, 4) is 0 Å². The van der Waals surface area contributed by atoms with Gasteiger partial charge in [-0.05, 0) is 38.3 Å². The minimum atomic E-state index is -3.19. The monoisotopic (exact) mass is 437 g/mol. The quantitative estimate of drug-likeness (QED) is 0.297.